The average molecular weight is 357 g/mol. The highest BCUT2D eigenvalue weighted by atomic mass is 32.1. The third-order valence-corrected chi connectivity index (χ3v) is 3.82. The molecule has 6 heteroatoms. The number of hydrazine groups is 1. The molecule has 0 atom stereocenters. The van der Waals surface area contributed by atoms with E-state index in [9.17, 15) is 4.79 Å². The molecule has 0 saturated carbocycles. The van der Waals surface area contributed by atoms with Gasteiger partial charge in [-0.3, -0.25) is 15.6 Å². The van der Waals surface area contributed by atoms with Crippen molar-refractivity contribution in [2.75, 3.05) is 11.9 Å². The van der Waals surface area contributed by atoms with E-state index < -0.39 is 0 Å². The molecule has 0 radical (unpaired) electrons. The molecule has 25 heavy (non-hydrogen) atoms. The zero-order chi connectivity index (χ0) is 18.2. The second-order valence-electron chi connectivity index (χ2n) is 5.74. The van der Waals surface area contributed by atoms with Gasteiger partial charge in [-0.2, -0.15) is 0 Å². The number of thiocarbonyl (C=S) groups is 1. The zero-order valence-corrected chi connectivity index (χ0v) is 15.5. The van der Waals surface area contributed by atoms with Crippen LogP contribution < -0.4 is 20.9 Å². The summed E-state index contributed by atoms with van der Waals surface area (Å²) in [4.78, 5) is 11.9. The van der Waals surface area contributed by atoms with Crippen molar-refractivity contribution in [3.8, 4) is 5.75 Å². The molecule has 0 aromatic heterocycles. The van der Waals surface area contributed by atoms with Crippen LogP contribution in [0.4, 0.5) is 5.69 Å². The van der Waals surface area contributed by atoms with Crippen LogP contribution in [0.5, 0.6) is 5.75 Å². The Labute approximate surface area is 153 Å². The van der Waals surface area contributed by atoms with Gasteiger partial charge in [0.15, 0.2) is 11.7 Å². The van der Waals surface area contributed by atoms with Crippen molar-refractivity contribution in [1.82, 2.24) is 10.9 Å². The molecule has 5 nitrogen and oxygen atoms in total. The van der Waals surface area contributed by atoms with E-state index in [1.54, 1.807) is 0 Å². The highest BCUT2D eigenvalue weighted by Crippen LogP contribution is 2.18. The Kier molecular flexibility index (Phi) is 6.77. The topological polar surface area (TPSA) is 62.4 Å². The molecule has 0 unspecified atom stereocenters. The van der Waals surface area contributed by atoms with E-state index in [1.807, 2.05) is 56.3 Å². The predicted molar refractivity (Wildman–Crippen MR) is 105 cm³/mol. The summed E-state index contributed by atoms with van der Waals surface area (Å²) < 4.78 is 5.54. The molecule has 2 aromatic rings. The monoisotopic (exact) mass is 357 g/mol. The molecule has 3 N–H and O–H groups in total. The minimum atomic E-state index is -0.313. The molecular formula is C19H23N3O2S. The summed E-state index contributed by atoms with van der Waals surface area (Å²) in [5, 5.41) is 3.34. The largest absolute Gasteiger partial charge is 0.483 e. The first-order valence-electron chi connectivity index (χ1n) is 8.12. The lowest BCUT2D eigenvalue weighted by Crippen LogP contribution is -2.45. The number of nitrogens with one attached hydrogen (secondary N) is 3. The van der Waals surface area contributed by atoms with Crippen molar-refractivity contribution >= 4 is 28.9 Å². The van der Waals surface area contributed by atoms with Gasteiger partial charge in [-0.05, 0) is 67.4 Å². The second kappa shape index (κ2) is 9.03. The van der Waals surface area contributed by atoms with E-state index in [1.165, 1.54) is 5.56 Å². The molecule has 0 saturated heterocycles. The van der Waals surface area contributed by atoms with Gasteiger partial charge >= 0.3 is 0 Å². The van der Waals surface area contributed by atoms with Crippen LogP contribution in [0.3, 0.4) is 0 Å². The van der Waals surface area contributed by atoms with Crippen LogP contribution >= 0.6 is 12.2 Å². The molecule has 1 amide bonds. The van der Waals surface area contributed by atoms with Gasteiger partial charge in [0.05, 0.1) is 0 Å². The Morgan fingerprint density at radius 1 is 1.12 bits per heavy atom. The lowest BCUT2D eigenvalue weighted by Gasteiger charge is -2.13. The van der Waals surface area contributed by atoms with Gasteiger partial charge in [-0.25, -0.2) is 0 Å². The van der Waals surface area contributed by atoms with Crippen LogP contribution in [0.25, 0.3) is 0 Å². The maximum Gasteiger partial charge on any atom is 0.276 e. The third kappa shape index (κ3) is 6.08. The van der Waals surface area contributed by atoms with E-state index in [0.717, 1.165) is 23.2 Å². The molecule has 0 aliphatic rings. The second-order valence-corrected chi connectivity index (χ2v) is 6.15. The van der Waals surface area contributed by atoms with E-state index >= 15 is 0 Å². The molecule has 0 bridgehead atoms. The summed E-state index contributed by atoms with van der Waals surface area (Å²) in [6, 6.07) is 13.8. The summed E-state index contributed by atoms with van der Waals surface area (Å²) in [6.07, 6.45) is 0.947. The number of amides is 1. The number of benzene rings is 2. The average Bonchev–Trinajstić information content (AvgIpc) is 2.61. The first kappa shape index (κ1) is 18.7. The third-order valence-electron chi connectivity index (χ3n) is 3.61. The van der Waals surface area contributed by atoms with E-state index in [4.69, 9.17) is 17.0 Å². The quantitative estimate of drug-likeness (QED) is 0.566. The van der Waals surface area contributed by atoms with Crippen molar-refractivity contribution in [1.29, 1.82) is 0 Å². The van der Waals surface area contributed by atoms with E-state index in [2.05, 4.69) is 23.1 Å². The van der Waals surface area contributed by atoms with Gasteiger partial charge in [-0.15, -0.1) is 0 Å². The Morgan fingerprint density at radius 3 is 2.68 bits per heavy atom. The van der Waals surface area contributed by atoms with Gasteiger partial charge in [0.2, 0.25) is 0 Å². The van der Waals surface area contributed by atoms with Crippen molar-refractivity contribution in [2.24, 2.45) is 0 Å². The minimum Gasteiger partial charge on any atom is -0.483 e. The van der Waals surface area contributed by atoms with Crippen molar-refractivity contribution in [3.63, 3.8) is 0 Å². The number of ether oxygens (including phenoxy) is 1. The molecular weight excluding hydrogens is 334 g/mol. The van der Waals surface area contributed by atoms with Gasteiger partial charge in [0, 0.05) is 5.69 Å². The molecule has 2 aromatic carbocycles. The molecule has 0 aliphatic heterocycles. The molecule has 132 valence electrons. The molecule has 0 aliphatic carbocycles. The number of carbonyl (C=O) groups is 1. The summed E-state index contributed by atoms with van der Waals surface area (Å²) in [5.41, 5.74) is 9.34. The maximum atomic E-state index is 11.9. The van der Waals surface area contributed by atoms with Crippen molar-refractivity contribution in [2.45, 2.75) is 27.2 Å². The fourth-order valence-corrected chi connectivity index (χ4v) is 2.37. The highest BCUT2D eigenvalue weighted by molar-refractivity contribution is 7.80. The SMILES string of the molecule is CCc1cccc(NC(=S)NNC(=O)COc2cc(C)ccc2C)c1. The van der Waals surface area contributed by atoms with E-state index in [0.29, 0.717) is 10.9 Å². The number of hydrogen-bond donors (Lipinski definition) is 3. The smallest absolute Gasteiger partial charge is 0.276 e. The van der Waals surface area contributed by atoms with Crippen LogP contribution in [0, 0.1) is 13.8 Å². The van der Waals surface area contributed by atoms with Crippen LogP contribution in [0.15, 0.2) is 42.5 Å². The predicted octanol–water partition coefficient (Wildman–Crippen LogP) is 3.26. The molecule has 0 spiro atoms. The number of aryl methyl sites for hydroxylation is 3. The summed E-state index contributed by atoms with van der Waals surface area (Å²) in [6.45, 7) is 5.91. The minimum absolute atomic E-state index is 0.0920. The van der Waals surface area contributed by atoms with Crippen molar-refractivity contribution in [3.05, 3.63) is 59.2 Å². The van der Waals surface area contributed by atoms with Gasteiger partial charge in [-0.1, -0.05) is 31.2 Å². The summed E-state index contributed by atoms with van der Waals surface area (Å²) in [5.74, 6) is 0.389. The van der Waals surface area contributed by atoms with Crippen LogP contribution in [-0.2, 0) is 11.2 Å². The highest BCUT2D eigenvalue weighted by Gasteiger charge is 2.06. The van der Waals surface area contributed by atoms with Gasteiger partial charge in [0.1, 0.15) is 5.75 Å². The standard InChI is InChI=1S/C19H23N3O2S/c1-4-15-6-5-7-16(11-15)20-19(25)22-21-18(23)12-24-17-10-13(2)8-9-14(17)3/h5-11H,4,12H2,1-3H3,(H,21,23)(H2,20,22,25). The number of anilines is 1. The van der Waals surface area contributed by atoms with Crippen LogP contribution in [0.1, 0.15) is 23.6 Å². The molecule has 0 heterocycles. The Morgan fingerprint density at radius 2 is 1.92 bits per heavy atom. The fourth-order valence-electron chi connectivity index (χ4n) is 2.20. The fraction of sp³-hybridized carbons (Fsp3) is 0.263. The van der Waals surface area contributed by atoms with E-state index in [-0.39, 0.29) is 12.5 Å². The van der Waals surface area contributed by atoms with Gasteiger partial charge in [0.25, 0.3) is 5.91 Å². The summed E-state index contributed by atoms with van der Waals surface area (Å²) >= 11 is 5.17. The van der Waals surface area contributed by atoms with Gasteiger partial charge < -0.3 is 10.1 Å². The molecule has 0 fully saturated rings. The number of carbonyl (C=O) groups excluding carboxylic acids is 1. The number of rotatable bonds is 5. The Bertz CT molecular complexity index is 762. The zero-order valence-electron chi connectivity index (χ0n) is 14.7. The normalized spacial score (nSPS) is 10.0. The lowest BCUT2D eigenvalue weighted by molar-refractivity contribution is -0.123. The molecule has 2 rings (SSSR count). The summed E-state index contributed by atoms with van der Waals surface area (Å²) in [7, 11) is 0. The lowest BCUT2D eigenvalue weighted by atomic mass is 10.1. The Hall–Kier alpha value is -2.60. The maximum absolute atomic E-state index is 11.9. The number of hydrogen-bond acceptors (Lipinski definition) is 3. The first-order chi connectivity index (χ1) is 12.0. The first-order valence-corrected chi connectivity index (χ1v) is 8.53. The Balaban J connectivity index is 1.77. The van der Waals surface area contributed by atoms with Crippen LogP contribution in [-0.4, -0.2) is 17.6 Å². The van der Waals surface area contributed by atoms with Crippen LogP contribution in [0.2, 0.25) is 0 Å². The van der Waals surface area contributed by atoms with Crippen molar-refractivity contribution < 1.29 is 9.53 Å².